The van der Waals surface area contributed by atoms with Crippen LogP contribution in [0.1, 0.15) is 72.7 Å². The quantitative estimate of drug-likeness (QED) is 0.0238. The van der Waals surface area contributed by atoms with Gasteiger partial charge in [0.15, 0.2) is 0 Å². The third-order valence-corrected chi connectivity index (χ3v) is 17.8. The smallest absolute Gasteiger partial charge is 0.246 e. The van der Waals surface area contributed by atoms with Crippen molar-refractivity contribution in [3.8, 4) is 5.75 Å². The van der Waals surface area contributed by atoms with E-state index in [-0.39, 0.29) is 76.6 Å². The van der Waals surface area contributed by atoms with E-state index in [0.717, 1.165) is 10.8 Å². The van der Waals surface area contributed by atoms with Crippen molar-refractivity contribution < 1.29 is 63.0 Å². The molecular weight excluding hydrogens is 1350 g/mol. The van der Waals surface area contributed by atoms with Gasteiger partial charge in [0, 0.05) is 97.9 Å². The summed E-state index contributed by atoms with van der Waals surface area (Å²) in [5, 5.41) is 48.1. The number of aromatic amines is 3. The Labute approximate surface area is 596 Å². The molecule has 0 spiro atoms. The molecule has 0 unspecified atom stereocenters. The number of unbranched alkanes of at least 4 members (excludes halogenated alkanes) is 1. The number of nitrogens with two attached hydrogens (primary N) is 2. The van der Waals surface area contributed by atoms with Gasteiger partial charge in [0.2, 0.25) is 65.0 Å². The number of aliphatic hydroxyl groups is 1. The second kappa shape index (κ2) is 36.7. The summed E-state index contributed by atoms with van der Waals surface area (Å²) in [4.78, 5) is 174. The van der Waals surface area contributed by atoms with Crippen LogP contribution in [0.5, 0.6) is 5.75 Å². The first-order valence-corrected chi connectivity index (χ1v) is 34.1. The Kier molecular flexibility index (Phi) is 27.0. The number of likely N-dealkylation sites (tertiary alicyclic amines) is 1. The molecule has 0 bridgehead atoms. The second-order valence-corrected chi connectivity index (χ2v) is 25.7. The summed E-state index contributed by atoms with van der Waals surface area (Å²) in [7, 11) is 0. The minimum atomic E-state index is -1.81. The zero-order valence-corrected chi connectivity index (χ0v) is 57.2. The zero-order valence-electron chi connectivity index (χ0n) is 56.4. The molecule has 0 aliphatic carbocycles. The number of benzene rings is 5. The van der Waals surface area contributed by atoms with Crippen LogP contribution >= 0.6 is 11.6 Å². The van der Waals surface area contributed by atoms with E-state index < -0.39 is 133 Å². The summed E-state index contributed by atoms with van der Waals surface area (Å²) in [6.07, 6.45) is 7.40. The van der Waals surface area contributed by atoms with Crippen LogP contribution in [0.15, 0.2) is 147 Å². The van der Waals surface area contributed by atoms with E-state index >= 15 is 9.59 Å². The van der Waals surface area contributed by atoms with Crippen LogP contribution in [0.25, 0.3) is 21.7 Å². The van der Waals surface area contributed by atoms with Crippen molar-refractivity contribution in [1.82, 2.24) is 77.7 Å². The highest BCUT2D eigenvalue weighted by atomic mass is 35.5. The summed E-state index contributed by atoms with van der Waals surface area (Å²) in [5.74, 6) is -8.98. The largest absolute Gasteiger partial charge is 0.508 e. The third kappa shape index (κ3) is 21.8. The molecule has 0 radical (unpaired) electrons. The maximum absolute atomic E-state index is 15.1. The molecule has 542 valence electrons. The number of H-pyrrole nitrogens is 3. The van der Waals surface area contributed by atoms with E-state index in [1.54, 1.807) is 54.7 Å². The Balaban J connectivity index is 0.942. The molecule has 4 heterocycles. The number of nitrogens with one attached hydrogen (secondary N) is 12. The van der Waals surface area contributed by atoms with Crippen LogP contribution in [0.2, 0.25) is 5.02 Å². The minimum absolute atomic E-state index is 0.0381. The summed E-state index contributed by atoms with van der Waals surface area (Å²) in [6.45, 7) is 0.0509. The average molecular weight is 1430 g/mol. The number of hydrogen-bond acceptors (Lipinski definition) is 16. The van der Waals surface area contributed by atoms with E-state index in [4.69, 9.17) is 23.1 Å². The van der Waals surface area contributed by atoms with Gasteiger partial charge in [-0.05, 0) is 102 Å². The van der Waals surface area contributed by atoms with E-state index in [0.29, 0.717) is 62.4 Å². The number of amides is 11. The summed E-state index contributed by atoms with van der Waals surface area (Å²) in [5.41, 5.74) is 15.0. The monoisotopic (exact) mass is 1430 g/mol. The molecule has 5 aromatic carbocycles. The fourth-order valence-electron chi connectivity index (χ4n) is 12.2. The molecule has 30 nitrogen and oxygen atoms in total. The lowest BCUT2D eigenvalue weighted by atomic mass is 10.00. The van der Waals surface area contributed by atoms with Crippen LogP contribution in [0.3, 0.4) is 0 Å². The van der Waals surface area contributed by atoms with Crippen molar-refractivity contribution in [2.45, 2.75) is 132 Å². The molecule has 1 aliphatic heterocycles. The Hall–Kier alpha value is -11.5. The van der Waals surface area contributed by atoms with Gasteiger partial charge >= 0.3 is 0 Å². The maximum atomic E-state index is 15.1. The van der Waals surface area contributed by atoms with Gasteiger partial charge in [-0.15, -0.1) is 0 Å². The van der Waals surface area contributed by atoms with Crippen LogP contribution in [-0.4, -0.2) is 186 Å². The number of aromatic hydroxyl groups is 1. The molecule has 0 saturated carbocycles. The fraction of sp³-hybridized carbons (Fsp3) is 0.347. The number of hydrogen-bond donors (Lipinski definition) is 16. The Morgan fingerprint density at radius 3 is 1.64 bits per heavy atom. The van der Waals surface area contributed by atoms with E-state index in [1.165, 1.54) is 49.0 Å². The van der Waals surface area contributed by atoms with Gasteiger partial charge in [0.05, 0.1) is 25.8 Å². The highest BCUT2D eigenvalue weighted by Crippen LogP contribution is 2.24. The number of primary amides is 1. The Bertz CT molecular complexity index is 4270. The molecule has 103 heavy (non-hydrogen) atoms. The Morgan fingerprint density at radius 2 is 1.06 bits per heavy atom. The number of aromatic nitrogens is 5. The van der Waals surface area contributed by atoms with Crippen LogP contribution in [-0.2, 0) is 91.3 Å². The van der Waals surface area contributed by atoms with Crippen molar-refractivity contribution in [3.63, 3.8) is 0 Å². The van der Waals surface area contributed by atoms with Crippen LogP contribution in [0.4, 0.5) is 0 Å². The van der Waals surface area contributed by atoms with Gasteiger partial charge in [-0.1, -0.05) is 96.5 Å². The van der Waals surface area contributed by atoms with Crippen molar-refractivity contribution in [2.24, 2.45) is 11.5 Å². The number of phenolic OH excluding ortho intramolecular Hbond substituents is 1. The third-order valence-electron chi connectivity index (χ3n) is 17.6. The normalized spacial score (nSPS) is 15.0. The molecule has 8 aromatic rings. The minimum Gasteiger partial charge on any atom is -0.508 e. The molecule has 31 heteroatoms. The first-order chi connectivity index (χ1) is 49.6. The lowest BCUT2D eigenvalue weighted by Crippen LogP contribution is -2.61. The summed E-state index contributed by atoms with van der Waals surface area (Å²) < 4.78 is 0. The number of para-hydroxylation sites is 1. The number of carbonyl (C=O) groups is 11. The molecular formula is C72H84ClN17O13. The van der Waals surface area contributed by atoms with E-state index in [2.05, 4.69) is 72.8 Å². The number of aliphatic hydroxyl groups excluding tert-OH is 1. The number of imidazole rings is 2. The number of carbonyl (C=O) groups excluding carboxylic acids is 11. The first kappa shape index (κ1) is 75.7. The number of phenols is 1. The molecule has 1 fully saturated rings. The lowest BCUT2D eigenvalue weighted by Gasteiger charge is -2.30. The summed E-state index contributed by atoms with van der Waals surface area (Å²) in [6, 6.07) is 20.1. The predicted molar refractivity (Wildman–Crippen MR) is 379 cm³/mol. The van der Waals surface area contributed by atoms with Crippen molar-refractivity contribution in [2.75, 3.05) is 26.2 Å². The van der Waals surface area contributed by atoms with Crippen molar-refractivity contribution in [1.29, 1.82) is 0 Å². The van der Waals surface area contributed by atoms with E-state index in [1.807, 2.05) is 54.6 Å². The fourth-order valence-corrected chi connectivity index (χ4v) is 12.4. The van der Waals surface area contributed by atoms with Gasteiger partial charge in [-0.25, -0.2) is 9.97 Å². The highest BCUT2D eigenvalue weighted by molar-refractivity contribution is 6.30. The number of rotatable bonds is 36. The van der Waals surface area contributed by atoms with Crippen molar-refractivity contribution >= 4 is 98.3 Å². The van der Waals surface area contributed by atoms with Gasteiger partial charge in [-0.2, -0.15) is 0 Å². The average Bonchev–Trinajstić information content (AvgIpc) is 1.79. The van der Waals surface area contributed by atoms with Crippen molar-refractivity contribution in [3.05, 3.63) is 185 Å². The second-order valence-electron chi connectivity index (χ2n) is 25.2. The van der Waals surface area contributed by atoms with Crippen LogP contribution < -0.4 is 59.3 Å². The van der Waals surface area contributed by atoms with Gasteiger partial charge < -0.3 is 89.4 Å². The number of nitrogens with zero attached hydrogens (tertiary/aromatic N) is 3. The van der Waals surface area contributed by atoms with Gasteiger partial charge in [-0.3, -0.25) is 52.7 Å². The molecule has 18 N–H and O–H groups in total. The first-order valence-electron chi connectivity index (χ1n) is 33.7. The molecule has 1 aliphatic rings. The maximum Gasteiger partial charge on any atom is 0.246 e. The topological polar surface area (TPSA) is 465 Å². The van der Waals surface area contributed by atoms with Crippen LogP contribution in [0, 0.1) is 0 Å². The summed E-state index contributed by atoms with van der Waals surface area (Å²) >= 11 is 6.23. The number of fused-ring (bicyclic) bond motifs is 2. The van der Waals surface area contributed by atoms with E-state index in [9.17, 15) is 53.4 Å². The van der Waals surface area contributed by atoms with Gasteiger partial charge in [0.25, 0.3) is 0 Å². The predicted octanol–water partition coefficient (Wildman–Crippen LogP) is 0.494. The lowest BCUT2D eigenvalue weighted by molar-refractivity contribution is -0.142. The highest BCUT2D eigenvalue weighted by Gasteiger charge is 2.40. The SMILES string of the molecule is CC(=O)N[C@H](Cc1ccc2ccccc2c1)C(=O)N[C@H](Cc1ccc(Cl)cc1)C(=O)N[C@@H](Cc1cnc[nH]1)C(=O)N[C@@H](CO)C(=O)N[C@@H](Cc1cnc[nH]1)C(=O)N[C@H](CCCCN)C(=O)N[C@@H](Cc1c[nH]c2ccccc12)C(=O)N[C@@H](Cc1ccc(O)cc1)C(=O)N1CCC[C@H]1C(=O)NCC(N)=O. The van der Waals surface area contributed by atoms with Gasteiger partial charge in [0.1, 0.15) is 60.1 Å². The zero-order chi connectivity index (χ0) is 73.5. The molecule has 9 rings (SSSR count). The molecule has 1 saturated heterocycles. The standard InChI is InChI=1S/C72H84ClN17O13/c1-41(92)82-55(30-44-15-20-45-9-2-3-10-46(45)27-44)65(96)84-56(28-42-16-21-48(73)22-17-42)66(97)86-59(33-50-36-77-40-81-50)69(100)89-61(38-91)70(101)87-58(32-49-35-76-39-80-49)68(99)83-54(13-6-7-25-74)64(95)85-57(31-47-34-78-53-12-5-4-11-52(47)53)67(98)88-60(29-43-18-23-51(93)24-19-43)72(103)90-26-8-14-62(90)71(102)79-37-63(75)94/h2-5,9-12,15-24,27,34-36,39-40,54-62,78,91,93H,6-8,13-14,25-26,28-33,37-38,74H2,1H3,(H2,75,94)(H,76,80)(H,77,81)(H,79,102)(H,82,92)(H,83,99)(H,84,96)(H,85,95)(H,86,97)(H,87,101)(H,88,98)(H,89,100)/t54-,55-,56-,57+,58+,59+,60+,61+,62+/m1/s1. The molecule has 11 amide bonds. The molecule has 9 atom stereocenters. The number of halogens is 1. The molecule has 3 aromatic heterocycles. The Morgan fingerprint density at radius 1 is 0.563 bits per heavy atom.